The predicted molar refractivity (Wildman–Crippen MR) is 83.7 cm³/mol. The zero-order chi connectivity index (χ0) is 14.2. The molecular formula is C18H23NO. The maximum absolute atomic E-state index is 10.3. The molecule has 1 fully saturated rings. The second-order valence-electron chi connectivity index (χ2n) is 6.67. The van der Waals surface area contributed by atoms with Crippen molar-refractivity contribution in [2.24, 2.45) is 11.3 Å². The van der Waals surface area contributed by atoms with Gasteiger partial charge in [-0.25, -0.2) is 0 Å². The maximum atomic E-state index is 10.3. The Morgan fingerprint density at radius 3 is 2.60 bits per heavy atom. The molecule has 2 aromatic rings. The second kappa shape index (κ2) is 5.19. The number of aliphatic hydroxyl groups is 1. The summed E-state index contributed by atoms with van der Waals surface area (Å²) in [6, 6.07) is 14.4. The van der Waals surface area contributed by atoms with E-state index in [1.165, 1.54) is 17.2 Å². The molecule has 1 saturated carbocycles. The van der Waals surface area contributed by atoms with E-state index < -0.39 is 6.10 Å². The molecule has 106 valence electrons. The van der Waals surface area contributed by atoms with E-state index in [0.717, 1.165) is 18.0 Å². The molecule has 0 aromatic heterocycles. The summed E-state index contributed by atoms with van der Waals surface area (Å²) in [4.78, 5) is 0. The summed E-state index contributed by atoms with van der Waals surface area (Å²) >= 11 is 0. The minimum Gasteiger partial charge on any atom is -0.387 e. The van der Waals surface area contributed by atoms with Gasteiger partial charge in [0.2, 0.25) is 0 Å². The molecule has 20 heavy (non-hydrogen) atoms. The zero-order valence-electron chi connectivity index (χ0n) is 12.3. The molecule has 2 heteroatoms. The number of fused-ring (bicyclic) bond motifs is 1. The summed E-state index contributed by atoms with van der Waals surface area (Å²) < 4.78 is 0. The molecular weight excluding hydrogens is 246 g/mol. The van der Waals surface area contributed by atoms with Crippen molar-refractivity contribution in [3.8, 4) is 0 Å². The van der Waals surface area contributed by atoms with Gasteiger partial charge in [-0.15, -0.1) is 0 Å². The Hall–Kier alpha value is -1.38. The van der Waals surface area contributed by atoms with Crippen LogP contribution in [0.25, 0.3) is 10.8 Å². The van der Waals surface area contributed by atoms with E-state index in [9.17, 15) is 5.11 Å². The van der Waals surface area contributed by atoms with E-state index in [2.05, 4.69) is 43.4 Å². The first-order valence-corrected chi connectivity index (χ1v) is 7.44. The Bertz CT molecular complexity index is 605. The molecule has 2 aromatic carbocycles. The Kier molecular flexibility index (Phi) is 3.53. The summed E-state index contributed by atoms with van der Waals surface area (Å²) in [5.41, 5.74) is 1.49. The molecule has 2 atom stereocenters. The van der Waals surface area contributed by atoms with Crippen LogP contribution >= 0.6 is 0 Å². The van der Waals surface area contributed by atoms with Crippen molar-refractivity contribution < 1.29 is 5.11 Å². The van der Waals surface area contributed by atoms with E-state index in [0.29, 0.717) is 12.0 Å². The molecule has 1 aliphatic rings. The fourth-order valence-corrected chi connectivity index (χ4v) is 2.85. The lowest BCUT2D eigenvalue weighted by atomic mass is 10.0. The molecule has 0 radical (unpaired) electrons. The molecule has 0 spiro atoms. The number of benzene rings is 2. The van der Waals surface area contributed by atoms with E-state index >= 15 is 0 Å². The third kappa shape index (κ3) is 2.87. The van der Waals surface area contributed by atoms with Gasteiger partial charge in [0.1, 0.15) is 0 Å². The zero-order valence-corrected chi connectivity index (χ0v) is 12.3. The first-order valence-electron chi connectivity index (χ1n) is 7.44. The average Bonchev–Trinajstić information content (AvgIpc) is 3.05. The monoisotopic (exact) mass is 269 g/mol. The third-order valence-corrected chi connectivity index (χ3v) is 4.60. The van der Waals surface area contributed by atoms with Crippen LogP contribution in [0, 0.1) is 11.3 Å². The second-order valence-corrected chi connectivity index (χ2v) is 6.67. The summed E-state index contributed by atoms with van der Waals surface area (Å²) in [5.74, 6) is 0.770. The van der Waals surface area contributed by atoms with Crippen LogP contribution in [-0.2, 0) is 0 Å². The minimum absolute atomic E-state index is 0.429. The lowest BCUT2D eigenvalue weighted by Gasteiger charge is -2.13. The topological polar surface area (TPSA) is 32.3 Å². The first kappa shape index (κ1) is 13.6. The molecule has 2 nitrogen and oxygen atoms in total. The minimum atomic E-state index is -0.429. The number of hydrogen-bond acceptors (Lipinski definition) is 2. The standard InChI is InChI=1S/C18H23NO/c1-18(2)10-16(18)11-19-12-17(20)15-8-7-13-5-3-4-6-14(13)9-15/h3-9,16-17,19-20H,10-12H2,1-2H3. The highest BCUT2D eigenvalue weighted by atomic mass is 16.3. The van der Waals surface area contributed by atoms with E-state index in [-0.39, 0.29) is 0 Å². The number of hydrogen-bond donors (Lipinski definition) is 2. The fraction of sp³-hybridized carbons (Fsp3) is 0.444. The van der Waals surface area contributed by atoms with Gasteiger partial charge in [0.25, 0.3) is 0 Å². The number of nitrogens with one attached hydrogen (secondary N) is 1. The van der Waals surface area contributed by atoms with E-state index in [1.54, 1.807) is 0 Å². The summed E-state index contributed by atoms with van der Waals surface area (Å²) in [6.07, 6.45) is 0.868. The molecule has 2 unspecified atom stereocenters. The summed E-state index contributed by atoms with van der Waals surface area (Å²) in [7, 11) is 0. The van der Waals surface area contributed by atoms with Gasteiger partial charge in [-0.05, 0) is 46.7 Å². The van der Waals surface area contributed by atoms with Crippen LogP contribution in [-0.4, -0.2) is 18.2 Å². The van der Waals surface area contributed by atoms with Gasteiger partial charge in [0, 0.05) is 6.54 Å². The average molecular weight is 269 g/mol. The van der Waals surface area contributed by atoms with E-state index in [4.69, 9.17) is 0 Å². The highest BCUT2D eigenvalue weighted by Gasteiger charge is 2.44. The number of rotatable bonds is 5. The SMILES string of the molecule is CC1(C)CC1CNCC(O)c1ccc2ccccc2c1. The molecule has 0 aliphatic heterocycles. The van der Waals surface area contributed by atoms with Crippen LogP contribution in [0.3, 0.4) is 0 Å². The fourth-order valence-electron chi connectivity index (χ4n) is 2.85. The molecule has 0 heterocycles. The van der Waals surface area contributed by atoms with Gasteiger partial charge in [0.05, 0.1) is 6.10 Å². The van der Waals surface area contributed by atoms with Crippen LogP contribution in [0.5, 0.6) is 0 Å². The van der Waals surface area contributed by atoms with Gasteiger partial charge in [-0.3, -0.25) is 0 Å². The number of aliphatic hydroxyl groups excluding tert-OH is 1. The Balaban J connectivity index is 1.59. The van der Waals surface area contributed by atoms with Gasteiger partial charge in [0.15, 0.2) is 0 Å². The van der Waals surface area contributed by atoms with Crippen molar-refractivity contribution in [2.75, 3.05) is 13.1 Å². The first-order chi connectivity index (χ1) is 9.56. The molecule has 0 saturated heterocycles. The molecule has 0 bridgehead atoms. The van der Waals surface area contributed by atoms with Gasteiger partial charge >= 0.3 is 0 Å². The lowest BCUT2D eigenvalue weighted by molar-refractivity contribution is 0.174. The highest BCUT2D eigenvalue weighted by Crippen LogP contribution is 2.50. The highest BCUT2D eigenvalue weighted by molar-refractivity contribution is 5.83. The smallest absolute Gasteiger partial charge is 0.0914 e. The maximum Gasteiger partial charge on any atom is 0.0914 e. The third-order valence-electron chi connectivity index (χ3n) is 4.60. The van der Waals surface area contributed by atoms with Gasteiger partial charge in [-0.2, -0.15) is 0 Å². The van der Waals surface area contributed by atoms with Crippen molar-refractivity contribution in [1.82, 2.24) is 5.32 Å². The van der Waals surface area contributed by atoms with Crippen molar-refractivity contribution >= 4 is 10.8 Å². The summed E-state index contributed by atoms with van der Waals surface area (Å²) in [6.45, 7) is 6.25. The summed E-state index contributed by atoms with van der Waals surface area (Å²) in [5, 5.41) is 16.1. The quantitative estimate of drug-likeness (QED) is 0.870. The normalized spacial score (nSPS) is 21.9. The lowest BCUT2D eigenvalue weighted by Crippen LogP contribution is -2.24. The Morgan fingerprint density at radius 2 is 1.90 bits per heavy atom. The predicted octanol–water partition coefficient (Wildman–Crippen LogP) is 3.51. The molecule has 0 amide bonds. The Labute approximate surface area is 120 Å². The van der Waals surface area contributed by atoms with Crippen LogP contribution in [0.2, 0.25) is 0 Å². The van der Waals surface area contributed by atoms with Crippen LogP contribution < -0.4 is 5.32 Å². The van der Waals surface area contributed by atoms with Crippen molar-refractivity contribution in [3.05, 3.63) is 48.0 Å². The van der Waals surface area contributed by atoms with Crippen molar-refractivity contribution in [3.63, 3.8) is 0 Å². The van der Waals surface area contributed by atoms with E-state index in [1.807, 2.05) is 18.2 Å². The van der Waals surface area contributed by atoms with Gasteiger partial charge < -0.3 is 10.4 Å². The molecule has 1 aliphatic carbocycles. The Morgan fingerprint density at radius 1 is 1.20 bits per heavy atom. The van der Waals surface area contributed by atoms with Crippen LogP contribution in [0.4, 0.5) is 0 Å². The largest absolute Gasteiger partial charge is 0.387 e. The van der Waals surface area contributed by atoms with Gasteiger partial charge in [-0.1, -0.05) is 50.2 Å². The van der Waals surface area contributed by atoms with Crippen molar-refractivity contribution in [1.29, 1.82) is 0 Å². The molecule has 2 N–H and O–H groups in total. The van der Waals surface area contributed by atoms with Crippen LogP contribution in [0.15, 0.2) is 42.5 Å². The molecule has 3 rings (SSSR count). The van der Waals surface area contributed by atoms with Crippen molar-refractivity contribution in [2.45, 2.75) is 26.4 Å². The van der Waals surface area contributed by atoms with Crippen LogP contribution in [0.1, 0.15) is 31.9 Å².